The van der Waals surface area contributed by atoms with E-state index in [0.29, 0.717) is 5.56 Å². The molecule has 2 aliphatic rings. The Kier molecular flexibility index (Phi) is 3.51. The first-order valence-corrected chi connectivity index (χ1v) is 7.60. The molecule has 0 radical (unpaired) electrons. The van der Waals surface area contributed by atoms with Gasteiger partial charge in [0.2, 0.25) is 0 Å². The highest BCUT2D eigenvalue weighted by Gasteiger charge is 2.44. The molecule has 0 aromatic heterocycles. The predicted octanol–water partition coefficient (Wildman–Crippen LogP) is 2.22. The van der Waals surface area contributed by atoms with Crippen molar-refractivity contribution >= 4 is 17.7 Å². The molecule has 0 spiro atoms. The number of benzene rings is 1. The Bertz CT molecular complexity index is 677. The Hall–Kier alpha value is -2.17. The van der Waals surface area contributed by atoms with Crippen molar-refractivity contribution in [3.05, 3.63) is 34.4 Å². The summed E-state index contributed by atoms with van der Waals surface area (Å²) in [6.07, 6.45) is 1.91. The molecule has 1 aliphatic heterocycles. The van der Waals surface area contributed by atoms with Gasteiger partial charge in [-0.15, -0.1) is 0 Å². The number of hydrogen-bond donors (Lipinski definition) is 0. The molecule has 0 atom stereocenters. The zero-order chi connectivity index (χ0) is 16.0. The maximum Gasteiger partial charge on any atom is 0.327 e. The number of imide groups is 1. The van der Waals surface area contributed by atoms with Gasteiger partial charge in [0, 0.05) is 11.6 Å². The molecule has 0 bridgehead atoms. The molecule has 5 nitrogen and oxygen atoms in total. The fourth-order valence-corrected chi connectivity index (χ4v) is 2.88. The van der Waals surface area contributed by atoms with Crippen LogP contribution in [0.1, 0.15) is 39.9 Å². The second kappa shape index (κ2) is 5.23. The van der Waals surface area contributed by atoms with E-state index in [1.165, 1.54) is 0 Å². The largest absolute Gasteiger partial charge is 0.327 e. The first-order valence-electron chi connectivity index (χ1n) is 7.60. The molecule has 1 aromatic carbocycles. The second-order valence-electron chi connectivity index (χ2n) is 6.30. The number of urea groups is 1. The standard InChI is InChI=1S/C17H20N2O3/c1-10-6-12(3)14(7-11(10)2)15(20)8-19-16(21)9-18(17(19)22)13-4-5-13/h6-7,13H,4-5,8-9H2,1-3H3. The van der Waals surface area contributed by atoms with Crippen LogP contribution < -0.4 is 0 Å². The molecule has 5 heteroatoms. The van der Waals surface area contributed by atoms with Crippen LogP contribution in [-0.4, -0.2) is 46.7 Å². The second-order valence-corrected chi connectivity index (χ2v) is 6.30. The minimum absolute atomic E-state index is 0.114. The van der Waals surface area contributed by atoms with Gasteiger partial charge in [0.25, 0.3) is 5.91 Å². The Labute approximate surface area is 129 Å². The molecule has 3 rings (SSSR count). The van der Waals surface area contributed by atoms with Gasteiger partial charge in [-0.2, -0.15) is 0 Å². The van der Waals surface area contributed by atoms with Gasteiger partial charge in [0.15, 0.2) is 5.78 Å². The summed E-state index contributed by atoms with van der Waals surface area (Å²) >= 11 is 0. The highest BCUT2D eigenvalue weighted by atomic mass is 16.2. The van der Waals surface area contributed by atoms with Crippen LogP contribution in [0.15, 0.2) is 12.1 Å². The van der Waals surface area contributed by atoms with Crippen LogP contribution in [0.25, 0.3) is 0 Å². The van der Waals surface area contributed by atoms with Crippen molar-refractivity contribution in [2.45, 2.75) is 39.7 Å². The number of carbonyl (C=O) groups excluding carboxylic acids is 3. The van der Waals surface area contributed by atoms with Gasteiger partial charge in [-0.05, 0) is 56.4 Å². The van der Waals surface area contributed by atoms with E-state index in [4.69, 9.17) is 0 Å². The fourth-order valence-electron chi connectivity index (χ4n) is 2.88. The number of carbonyl (C=O) groups is 3. The minimum atomic E-state index is -0.317. The average Bonchev–Trinajstić information content (AvgIpc) is 3.25. The predicted molar refractivity (Wildman–Crippen MR) is 81.8 cm³/mol. The van der Waals surface area contributed by atoms with Crippen LogP contribution in [0.5, 0.6) is 0 Å². The number of aryl methyl sites for hydroxylation is 3. The minimum Gasteiger partial charge on any atom is -0.312 e. The van der Waals surface area contributed by atoms with Crippen LogP contribution in [-0.2, 0) is 4.79 Å². The number of nitrogens with zero attached hydrogens (tertiary/aromatic N) is 2. The molecule has 0 N–H and O–H groups in total. The van der Waals surface area contributed by atoms with Crippen LogP contribution in [0, 0.1) is 20.8 Å². The van der Waals surface area contributed by atoms with Gasteiger partial charge >= 0.3 is 6.03 Å². The van der Waals surface area contributed by atoms with E-state index < -0.39 is 0 Å². The van der Waals surface area contributed by atoms with E-state index in [1.807, 2.05) is 32.9 Å². The van der Waals surface area contributed by atoms with Crippen molar-refractivity contribution < 1.29 is 14.4 Å². The van der Waals surface area contributed by atoms with Crippen LogP contribution in [0.4, 0.5) is 4.79 Å². The van der Waals surface area contributed by atoms with Crippen LogP contribution in [0.2, 0.25) is 0 Å². The maximum atomic E-state index is 12.5. The van der Waals surface area contributed by atoms with Gasteiger partial charge in [0.05, 0.1) is 6.54 Å². The fraction of sp³-hybridized carbons (Fsp3) is 0.471. The normalized spacial score (nSPS) is 18.3. The van der Waals surface area contributed by atoms with Gasteiger partial charge in [-0.3, -0.25) is 14.5 Å². The molecule has 3 amide bonds. The first kappa shape index (κ1) is 14.8. The zero-order valence-electron chi connectivity index (χ0n) is 13.2. The summed E-state index contributed by atoms with van der Waals surface area (Å²) in [6.45, 7) is 5.78. The van der Waals surface area contributed by atoms with Gasteiger partial charge in [-0.1, -0.05) is 6.07 Å². The third-order valence-corrected chi connectivity index (χ3v) is 4.51. The average molecular weight is 300 g/mol. The number of rotatable bonds is 4. The lowest BCUT2D eigenvalue weighted by Crippen LogP contribution is -2.37. The summed E-state index contributed by atoms with van der Waals surface area (Å²) in [7, 11) is 0. The van der Waals surface area contributed by atoms with Crippen molar-refractivity contribution in [2.75, 3.05) is 13.1 Å². The molecular formula is C17H20N2O3. The number of amides is 3. The quantitative estimate of drug-likeness (QED) is 0.633. The summed E-state index contributed by atoms with van der Waals surface area (Å²) in [5.41, 5.74) is 3.63. The van der Waals surface area contributed by atoms with Crippen molar-refractivity contribution in [3.63, 3.8) is 0 Å². The van der Waals surface area contributed by atoms with E-state index in [9.17, 15) is 14.4 Å². The molecule has 1 aromatic rings. The first-order chi connectivity index (χ1) is 10.4. The summed E-state index contributed by atoms with van der Waals surface area (Å²) in [5, 5.41) is 0. The molecule has 0 unspecified atom stereocenters. The monoisotopic (exact) mass is 300 g/mol. The Morgan fingerprint density at radius 2 is 1.73 bits per heavy atom. The Morgan fingerprint density at radius 3 is 2.36 bits per heavy atom. The summed E-state index contributed by atoms with van der Waals surface area (Å²) in [6, 6.07) is 3.69. The summed E-state index contributed by atoms with van der Waals surface area (Å²) in [5.74, 6) is -0.452. The molecule has 1 heterocycles. The number of Topliss-reactive ketones (excluding diaryl/α,β-unsaturated/α-hetero) is 1. The van der Waals surface area contributed by atoms with Gasteiger partial charge < -0.3 is 4.90 Å². The molecular weight excluding hydrogens is 280 g/mol. The zero-order valence-corrected chi connectivity index (χ0v) is 13.2. The maximum absolute atomic E-state index is 12.5. The molecule has 1 aliphatic carbocycles. The van der Waals surface area contributed by atoms with Crippen molar-refractivity contribution in [1.82, 2.24) is 9.80 Å². The number of hydrogen-bond acceptors (Lipinski definition) is 3. The molecule has 1 saturated carbocycles. The third kappa shape index (κ3) is 2.51. The van der Waals surface area contributed by atoms with E-state index in [2.05, 4.69) is 0 Å². The van der Waals surface area contributed by atoms with E-state index in [0.717, 1.165) is 34.4 Å². The van der Waals surface area contributed by atoms with E-state index >= 15 is 0 Å². The molecule has 1 saturated heterocycles. The SMILES string of the molecule is Cc1cc(C)c(C(=O)CN2C(=O)CN(C3CC3)C2=O)cc1C. The highest BCUT2D eigenvalue weighted by Crippen LogP contribution is 2.30. The topological polar surface area (TPSA) is 57.7 Å². The van der Waals surface area contributed by atoms with Gasteiger partial charge in [-0.25, -0.2) is 4.79 Å². The Balaban J connectivity index is 1.78. The lowest BCUT2D eigenvalue weighted by Gasteiger charge is -2.16. The third-order valence-electron chi connectivity index (χ3n) is 4.51. The molecule has 2 fully saturated rings. The Morgan fingerprint density at radius 1 is 1.09 bits per heavy atom. The lowest BCUT2D eigenvalue weighted by atomic mass is 9.98. The van der Waals surface area contributed by atoms with E-state index in [-0.39, 0.29) is 36.9 Å². The van der Waals surface area contributed by atoms with Crippen molar-refractivity contribution in [3.8, 4) is 0 Å². The van der Waals surface area contributed by atoms with Gasteiger partial charge in [0.1, 0.15) is 6.54 Å². The molecule has 22 heavy (non-hydrogen) atoms. The van der Waals surface area contributed by atoms with Crippen LogP contribution in [0.3, 0.4) is 0 Å². The highest BCUT2D eigenvalue weighted by molar-refractivity contribution is 6.08. The summed E-state index contributed by atoms with van der Waals surface area (Å²) in [4.78, 5) is 39.4. The smallest absolute Gasteiger partial charge is 0.312 e. The lowest BCUT2D eigenvalue weighted by molar-refractivity contribution is -0.125. The van der Waals surface area contributed by atoms with E-state index in [1.54, 1.807) is 4.90 Å². The van der Waals surface area contributed by atoms with Crippen molar-refractivity contribution in [2.24, 2.45) is 0 Å². The number of ketones is 1. The summed E-state index contributed by atoms with van der Waals surface area (Å²) < 4.78 is 0. The molecule has 116 valence electrons. The van der Waals surface area contributed by atoms with Crippen LogP contribution >= 0.6 is 0 Å². The van der Waals surface area contributed by atoms with Crippen molar-refractivity contribution in [1.29, 1.82) is 0 Å².